The molecule has 0 radical (unpaired) electrons. The van der Waals surface area contributed by atoms with Crippen LogP contribution in [-0.2, 0) is 6.54 Å². The molecule has 1 fully saturated rings. The molecule has 1 N–H and O–H groups in total. The Balaban J connectivity index is 1.40. The minimum atomic E-state index is -0.232. The summed E-state index contributed by atoms with van der Waals surface area (Å²) >= 11 is 0. The summed E-state index contributed by atoms with van der Waals surface area (Å²) in [6.45, 7) is 1.73. The maximum atomic E-state index is 13.8. The highest BCUT2D eigenvalue weighted by Gasteiger charge is 2.21. The second kappa shape index (κ2) is 12.0. The number of ether oxygens (including phenoxy) is 1. The summed E-state index contributed by atoms with van der Waals surface area (Å²) in [5.74, 6) is 1.37. The smallest absolute Gasteiger partial charge is 0.258 e. The van der Waals surface area contributed by atoms with Crippen LogP contribution < -0.4 is 9.64 Å². The van der Waals surface area contributed by atoms with Crippen molar-refractivity contribution in [1.82, 2.24) is 0 Å². The highest BCUT2D eigenvalue weighted by molar-refractivity contribution is 6.06. The molecule has 5 heteroatoms. The van der Waals surface area contributed by atoms with Gasteiger partial charge in [-0.25, -0.2) is 0 Å². The molecule has 4 aromatic rings. The zero-order valence-corrected chi connectivity index (χ0v) is 22.2. The predicted molar refractivity (Wildman–Crippen MR) is 154 cm³/mol. The Morgan fingerprint density at radius 2 is 1.49 bits per heavy atom. The molecule has 1 saturated carbocycles. The molecule has 1 aliphatic rings. The molecule has 39 heavy (non-hydrogen) atoms. The minimum Gasteiger partial charge on any atom is -0.507 e. The Kier molecular flexibility index (Phi) is 8.07. The zero-order chi connectivity index (χ0) is 27.2. The third kappa shape index (κ3) is 6.37. The number of nitrogens with zero attached hydrogens (tertiary/aromatic N) is 1. The molecule has 0 saturated heterocycles. The normalized spacial score (nSPS) is 13.6. The number of carbonyl (C=O) groups excluding carboxylic acids is 2. The van der Waals surface area contributed by atoms with Crippen LogP contribution in [0.15, 0.2) is 97.1 Å². The van der Waals surface area contributed by atoms with E-state index in [2.05, 4.69) is 24.3 Å². The molecule has 4 aromatic carbocycles. The second-order valence-corrected chi connectivity index (χ2v) is 10.2. The first-order valence-corrected chi connectivity index (χ1v) is 13.6. The van der Waals surface area contributed by atoms with Gasteiger partial charge in [0.15, 0.2) is 5.78 Å². The quantitative estimate of drug-likeness (QED) is 0.238. The molecule has 1 aliphatic carbocycles. The van der Waals surface area contributed by atoms with Crippen LogP contribution >= 0.6 is 0 Å². The van der Waals surface area contributed by atoms with Crippen LogP contribution in [0.2, 0.25) is 0 Å². The van der Waals surface area contributed by atoms with Crippen LogP contribution in [0.3, 0.4) is 0 Å². The Morgan fingerprint density at radius 3 is 2.13 bits per heavy atom. The van der Waals surface area contributed by atoms with Gasteiger partial charge in [-0.05, 0) is 85.3 Å². The molecule has 0 aromatic heterocycles. The van der Waals surface area contributed by atoms with Crippen LogP contribution in [0.5, 0.6) is 17.2 Å². The lowest BCUT2D eigenvalue weighted by Crippen LogP contribution is -2.30. The summed E-state index contributed by atoms with van der Waals surface area (Å²) in [6.07, 6.45) is 6.35. The molecule has 0 heterocycles. The van der Waals surface area contributed by atoms with Gasteiger partial charge in [0.1, 0.15) is 17.2 Å². The third-order valence-electron chi connectivity index (χ3n) is 7.39. The van der Waals surface area contributed by atoms with E-state index in [0.29, 0.717) is 29.5 Å². The summed E-state index contributed by atoms with van der Waals surface area (Å²) in [6, 6.07) is 29.8. The molecular formula is C34H33NO4. The molecule has 0 atom stereocenters. The number of amides is 1. The van der Waals surface area contributed by atoms with Crippen LogP contribution in [-0.4, -0.2) is 16.8 Å². The van der Waals surface area contributed by atoms with E-state index >= 15 is 0 Å². The van der Waals surface area contributed by atoms with Gasteiger partial charge < -0.3 is 14.7 Å². The number of phenolic OH excluding ortho intramolecular Hbond substituents is 1. The highest BCUT2D eigenvalue weighted by atomic mass is 16.5. The topological polar surface area (TPSA) is 66.8 Å². The van der Waals surface area contributed by atoms with Crippen LogP contribution in [0.1, 0.15) is 76.8 Å². The minimum absolute atomic E-state index is 0.142. The van der Waals surface area contributed by atoms with Gasteiger partial charge in [0.2, 0.25) is 0 Å². The van der Waals surface area contributed by atoms with Crippen molar-refractivity contribution in [2.45, 2.75) is 51.5 Å². The largest absolute Gasteiger partial charge is 0.507 e. The number of para-hydroxylation sites is 1. The van der Waals surface area contributed by atoms with E-state index in [1.807, 2.05) is 30.3 Å². The van der Waals surface area contributed by atoms with E-state index in [4.69, 9.17) is 4.74 Å². The standard InChI is InChI=1S/C34H33NO4/c1-24(36)32-21-18-29(22-33(32)37)35(23-25-12-14-27(15-13-25)26-8-4-2-5-9-26)34(38)28-16-19-31(20-17-28)39-30-10-6-3-7-11-30/h3,6-7,10-22,26,37H,2,4-5,8-9,23H2,1H3. The van der Waals surface area contributed by atoms with Crippen molar-refractivity contribution in [2.75, 3.05) is 4.90 Å². The monoisotopic (exact) mass is 519 g/mol. The zero-order valence-electron chi connectivity index (χ0n) is 22.2. The summed E-state index contributed by atoms with van der Waals surface area (Å²) in [5.41, 5.74) is 3.58. The van der Waals surface area contributed by atoms with Gasteiger partial charge in [0, 0.05) is 17.3 Å². The first kappa shape index (κ1) is 26.2. The highest BCUT2D eigenvalue weighted by Crippen LogP contribution is 2.33. The number of ketones is 1. The molecule has 0 aliphatic heterocycles. The van der Waals surface area contributed by atoms with Gasteiger partial charge >= 0.3 is 0 Å². The second-order valence-electron chi connectivity index (χ2n) is 10.2. The van der Waals surface area contributed by atoms with E-state index in [1.165, 1.54) is 50.7 Å². The van der Waals surface area contributed by atoms with Crippen LogP contribution in [0.4, 0.5) is 5.69 Å². The average Bonchev–Trinajstić information content (AvgIpc) is 2.97. The molecule has 198 valence electrons. The first-order valence-electron chi connectivity index (χ1n) is 13.6. The fourth-order valence-electron chi connectivity index (χ4n) is 5.23. The maximum absolute atomic E-state index is 13.8. The van der Waals surface area contributed by atoms with Gasteiger partial charge in [-0.3, -0.25) is 9.59 Å². The SMILES string of the molecule is CC(=O)c1ccc(N(Cc2ccc(C3CCCCC3)cc2)C(=O)c2ccc(Oc3ccccc3)cc2)cc1O. The molecule has 0 spiro atoms. The summed E-state index contributed by atoms with van der Waals surface area (Å²) in [7, 11) is 0. The molecule has 5 nitrogen and oxygen atoms in total. The van der Waals surface area contributed by atoms with Crippen LogP contribution in [0.25, 0.3) is 0 Å². The lowest BCUT2D eigenvalue weighted by molar-refractivity contribution is 0.0983. The number of carbonyl (C=O) groups is 2. The van der Waals surface area contributed by atoms with Gasteiger partial charge in [0.05, 0.1) is 12.1 Å². The van der Waals surface area contributed by atoms with Crippen molar-refractivity contribution < 1.29 is 19.4 Å². The van der Waals surface area contributed by atoms with E-state index in [1.54, 1.807) is 41.3 Å². The van der Waals surface area contributed by atoms with Gasteiger partial charge in [-0.2, -0.15) is 0 Å². The first-order chi connectivity index (χ1) is 19.0. The molecule has 1 amide bonds. The van der Waals surface area contributed by atoms with Gasteiger partial charge in [0.25, 0.3) is 5.91 Å². The van der Waals surface area contributed by atoms with Gasteiger partial charge in [-0.1, -0.05) is 61.7 Å². The van der Waals surface area contributed by atoms with Crippen molar-refractivity contribution in [3.05, 3.63) is 119 Å². The Hall–Kier alpha value is -4.38. The number of anilines is 1. The number of rotatable bonds is 8. The number of aromatic hydroxyl groups is 1. The number of phenols is 1. The molecule has 0 bridgehead atoms. The Labute approximate surface area is 229 Å². The van der Waals surface area contributed by atoms with Crippen molar-refractivity contribution in [1.29, 1.82) is 0 Å². The Bertz CT molecular complexity index is 1420. The molecule has 0 unspecified atom stereocenters. The van der Waals surface area contributed by atoms with E-state index in [0.717, 1.165) is 11.3 Å². The van der Waals surface area contributed by atoms with E-state index in [9.17, 15) is 14.7 Å². The fourth-order valence-corrected chi connectivity index (χ4v) is 5.23. The van der Waals surface area contributed by atoms with Crippen LogP contribution in [0, 0.1) is 0 Å². The lowest BCUT2D eigenvalue weighted by atomic mass is 9.84. The molecule has 5 rings (SSSR count). The number of hydrogen-bond acceptors (Lipinski definition) is 4. The van der Waals surface area contributed by atoms with Crippen molar-refractivity contribution >= 4 is 17.4 Å². The predicted octanol–water partition coefficient (Wildman–Crippen LogP) is 8.28. The number of Topliss-reactive ketones (excluding diaryl/α,β-unsaturated/α-hetero) is 1. The fraction of sp³-hybridized carbons (Fsp3) is 0.235. The van der Waals surface area contributed by atoms with Crippen molar-refractivity contribution in [3.63, 3.8) is 0 Å². The lowest BCUT2D eigenvalue weighted by Gasteiger charge is -2.25. The summed E-state index contributed by atoms with van der Waals surface area (Å²) in [4.78, 5) is 27.3. The summed E-state index contributed by atoms with van der Waals surface area (Å²) < 4.78 is 5.88. The van der Waals surface area contributed by atoms with Crippen molar-refractivity contribution in [3.8, 4) is 17.2 Å². The maximum Gasteiger partial charge on any atom is 0.258 e. The van der Waals surface area contributed by atoms with E-state index < -0.39 is 0 Å². The summed E-state index contributed by atoms with van der Waals surface area (Å²) in [5, 5.41) is 10.5. The number of hydrogen-bond donors (Lipinski definition) is 1. The van der Waals surface area contributed by atoms with Gasteiger partial charge in [-0.15, -0.1) is 0 Å². The average molecular weight is 520 g/mol. The van der Waals surface area contributed by atoms with Crippen molar-refractivity contribution in [2.24, 2.45) is 0 Å². The van der Waals surface area contributed by atoms with E-state index in [-0.39, 0.29) is 23.0 Å². The third-order valence-corrected chi connectivity index (χ3v) is 7.39. The molecular weight excluding hydrogens is 486 g/mol. The Morgan fingerprint density at radius 1 is 0.821 bits per heavy atom. The number of benzene rings is 4.